The number of hydrogen-bond acceptors (Lipinski definition) is 3. The molecule has 15 heavy (non-hydrogen) atoms. The average molecular weight is 249 g/mol. The van der Waals surface area contributed by atoms with Gasteiger partial charge >= 0.3 is 15.9 Å². The summed E-state index contributed by atoms with van der Waals surface area (Å²) in [5, 5.41) is 0. The van der Waals surface area contributed by atoms with E-state index in [-0.39, 0.29) is 6.16 Å². The molecule has 1 aromatic carbocycles. The van der Waals surface area contributed by atoms with Crippen LogP contribution in [0.2, 0.25) is 0 Å². The lowest BCUT2D eigenvalue weighted by Gasteiger charge is -2.03. The second-order valence-electron chi connectivity index (χ2n) is 2.92. The Morgan fingerprint density at radius 3 is 2.47 bits per heavy atom. The quantitative estimate of drug-likeness (QED) is 0.780. The molecule has 0 spiro atoms. The van der Waals surface area contributed by atoms with Gasteiger partial charge in [-0.3, -0.25) is 4.57 Å². The summed E-state index contributed by atoms with van der Waals surface area (Å²) in [6, 6.07) is 9.07. The van der Waals surface area contributed by atoms with Crippen LogP contribution in [-0.2, 0) is 19.9 Å². The highest BCUT2D eigenvalue weighted by molar-refractivity contribution is 7.59. The Hall–Kier alpha value is -0.570. The second kappa shape index (κ2) is 5.50. The van der Waals surface area contributed by atoms with Crippen LogP contribution in [0.5, 0.6) is 0 Å². The Kier molecular flexibility index (Phi) is 4.58. The molecule has 0 saturated carbocycles. The molecule has 1 aromatic rings. The smallest absolute Gasteiger partial charge is 0.322 e. The summed E-state index contributed by atoms with van der Waals surface area (Å²) in [5.41, 5.74) is 0.878. The summed E-state index contributed by atoms with van der Waals surface area (Å²) in [5.74, 6) is 0. The van der Waals surface area contributed by atoms with Crippen molar-refractivity contribution in [3.63, 3.8) is 0 Å². The lowest BCUT2D eigenvalue weighted by atomic mass is 10.2. The highest BCUT2D eigenvalue weighted by atomic mass is 31.2. The van der Waals surface area contributed by atoms with Crippen molar-refractivity contribution in [3.8, 4) is 0 Å². The topological polar surface area (TPSA) is 83.8 Å². The van der Waals surface area contributed by atoms with Crippen molar-refractivity contribution >= 4 is 15.9 Å². The Morgan fingerprint density at radius 2 is 1.93 bits per heavy atom. The van der Waals surface area contributed by atoms with Crippen LogP contribution in [0.15, 0.2) is 30.3 Å². The lowest BCUT2D eigenvalue weighted by Crippen LogP contribution is -1.94. The first-order chi connectivity index (χ1) is 6.99. The number of aryl methyl sites for hydroxylation is 1. The van der Waals surface area contributed by atoms with Gasteiger partial charge in [0.1, 0.15) is 0 Å². The Morgan fingerprint density at radius 1 is 1.33 bits per heavy atom. The zero-order valence-corrected chi connectivity index (χ0v) is 9.60. The molecule has 0 saturated heterocycles. The molecule has 0 aliphatic heterocycles. The molecule has 0 bridgehead atoms. The van der Waals surface area contributed by atoms with E-state index < -0.39 is 15.9 Å². The molecule has 0 fully saturated rings. The van der Waals surface area contributed by atoms with Gasteiger partial charge in [0.15, 0.2) is 0 Å². The largest absolute Gasteiger partial charge is 0.703 e. The maximum absolute atomic E-state index is 11.2. The van der Waals surface area contributed by atoms with Gasteiger partial charge in [-0.15, -0.1) is 4.89 Å². The van der Waals surface area contributed by atoms with Gasteiger partial charge in [-0.2, -0.15) is 0 Å². The Balaban J connectivity index is 2.50. The molecule has 2 unspecified atom stereocenters. The minimum Gasteiger partial charge on any atom is -0.322 e. The summed E-state index contributed by atoms with van der Waals surface area (Å²) < 4.78 is 25.4. The van der Waals surface area contributed by atoms with Gasteiger partial charge in [0.25, 0.3) is 0 Å². The van der Waals surface area contributed by atoms with Crippen molar-refractivity contribution in [2.45, 2.75) is 6.42 Å². The molecule has 1 rings (SSSR count). The van der Waals surface area contributed by atoms with Crippen molar-refractivity contribution in [2.24, 2.45) is 0 Å². The van der Waals surface area contributed by atoms with Crippen molar-refractivity contribution in [1.82, 2.24) is 0 Å². The fraction of sp³-hybridized carbons (Fsp3) is 0.250. The van der Waals surface area contributed by atoms with Crippen LogP contribution >= 0.6 is 15.9 Å². The van der Waals surface area contributed by atoms with Crippen molar-refractivity contribution in [1.29, 1.82) is 0 Å². The standard InChI is InChI=1S/C8H10O5P2/c9-14(10)13-15(11,12)7-6-8-4-2-1-3-5-8/h1-5H,6-7H2,(H-,9,10,11,12)/p+1. The number of benzene rings is 1. The highest BCUT2D eigenvalue weighted by Gasteiger charge is 2.31. The minimum atomic E-state index is -3.95. The van der Waals surface area contributed by atoms with Crippen LogP contribution in [0.1, 0.15) is 5.56 Å². The van der Waals surface area contributed by atoms with Gasteiger partial charge in [-0.25, -0.2) is 0 Å². The summed E-state index contributed by atoms with van der Waals surface area (Å²) in [6.07, 6.45) is 0.163. The predicted octanol–water partition coefficient (Wildman–Crippen LogP) is 2.08. The summed E-state index contributed by atoms with van der Waals surface area (Å²) >= 11 is 0. The van der Waals surface area contributed by atoms with E-state index in [1.54, 1.807) is 12.1 Å². The van der Waals surface area contributed by atoms with Gasteiger partial charge in [-0.1, -0.05) is 30.3 Å². The predicted molar refractivity (Wildman–Crippen MR) is 55.7 cm³/mol. The van der Waals surface area contributed by atoms with Crippen molar-refractivity contribution in [2.75, 3.05) is 6.16 Å². The molecule has 5 nitrogen and oxygen atoms in total. The van der Waals surface area contributed by atoms with Gasteiger partial charge in [0.2, 0.25) is 0 Å². The molecule has 0 amide bonds. The number of hydrogen-bond donors (Lipinski definition) is 2. The van der Waals surface area contributed by atoms with E-state index >= 15 is 0 Å². The molecule has 0 aromatic heterocycles. The van der Waals surface area contributed by atoms with Crippen LogP contribution in [0.3, 0.4) is 0 Å². The van der Waals surface area contributed by atoms with Gasteiger partial charge < -0.3 is 4.89 Å². The van der Waals surface area contributed by atoms with E-state index in [2.05, 4.69) is 4.31 Å². The molecule has 0 aliphatic rings. The Bertz CT molecular complexity index is 378. The van der Waals surface area contributed by atoms with E-state index in [0.717, 1.165) is 5.56 Å². The summed E-state index contributed by atoms with van der Waals surface area (Å²) in [7, 11) is -6.98. The van der Waals surface area contributed by atoms with E-state index in [1.807, 2.05) is 18.2 Å². The third-order valence-corrected chi connectivity index (χ3v) is 4.09. The maximum atomic E-state index is 11.2. The normalized spacial score (nSPS) is 15.7. The lowest BCUT2D eigenvalue weighted by molar-refractivity contribution is 0.350. The van der Waals surface area contributed by atoms with Crippen molar-refractivity contribution in [3.05, 3.63) is 35.9 Å². The molecule has 2 atom stereocenters. The molecule has 82 valence electrons. The van der Waals surface area contributed by atoms with Gasteiger partial charge in [0.05, 0.1) is 6.16 Å². The third-order valence-electron chi connectivity index (χ3n) is 1.72. The van der Waals surface area contributed by atoms with Crippen LogP contribution in [-0.4, -0.2) is 15.9 Å². The molecule has 0 radical (unpaired) electrons. The zero-order chi connectivity index (χ0) is 11.3. The zero-order valence-electron chi connectivity index (χ0n) is 7.81. The number of rotatable bonds is 5. The molecule has 0 aliphatic carbocycles. The monoisotopic (exact) mass is 249 g/mol. The third kappa shape index (κ3) is 5.17. The Labute approximate surface area is 88.2 Å². The van der Waals surface area contributed by atoms with Crippen LogP contribution in [0.4, 0.5) is 0 Å². The van der Waals surface area contributed by atoms with Crippen LogP contribution < -0.4 is 0 Å². The van der Waals surface area contributed by atoms with E-state index in [9.17, 15) is 9.13 Å². The summed E-state index contributed by atoms with van der Waals surface area (Å²) in [6.45, 7) is 0. The van der Waals surface area contributed by atoms with E-state index in [4.69, 9.17) is 9.79 Å². The average Bonchev–Trinajstić information content (AvgIpc) is 2.15. The van der Waals surface area contributed by atoms with E-state index in [1.165, 1.54) is 0 Å². The molecule has 2 N–H and O–H groups in total. The fourth-order valence-electron chi connectivity index (χ4n) is 1.07. The van der Waals surface area contributed by atoms with Crippen LogP contribution in [0.25, 0.3) is 0 Å². The minimum absolute atomic E-state index is 0.168. The first kappa shape index (κ1) is 12.5. The van der Waals surface area contributed by atoms with Crippen molar-refractivity contribution < 1.29 is 23.2 Å². The van der Waals surface area contributed by atoms with E-state index in [0.29, 0.717) is 6.42 Å². The van der Waals surface area contributed by atoms with Gasteiger partial charge in [0, 0.05) is 4.57 Å². The molecule has 0 heterocycles. The second-order valence-corrected chi connectivity index (χ2v) is 5.77. The SMILES string of the molecule is O=[P+](O)OP(=O)(O)CCc1ccccc1. The highest BCUT2D eigenvalue weighted by Crippen LogP contribution is 2.49. The fourth-order valence-corrected chi connectivity index (χ4v) is 2.81. The first-order valence-corrected chi connectivity index (χ1v) is 7.10. The van der Waals surface area contributed by atoms with Crippen LogP contribution in [0, 0.1) is 0 Å². The summed E-state index contributed by atoms with van der Waals surface area (Å²) in [4.78, 5) is 17.5. The molecular weight excluding hydrogens is 238 g/mol. The van der Waals surface area contributed by atoms with Gasteiger partial charge in [-0.05, 0) is 16.3 Å². The maximum Gasteiger partial charge on any atom is 0.703 e. The first-order valence-electron chi connectivity index (χ1n) is 4.21. The molecular formula is C8H11O5P2+. The molecule has 7 heteroatoms.